The van der Waals surface area contributed by atoms with Gasteiger partial charge in [0.25, 0.3) is 11.8 Å². The van der Waals surface area contributed by atoms with Crippen molar-refractivity contribution in [2.75, 3.05) is 36.1 Å². The number of carbonyl (C=O) groups is 2. The Kier molecular flexibility index (Phi) is 8.33. The lowest BCUT2D eigenvalue weighted by atomic mass is 9.89. The Bertz CT molecular complexity index is 1610. The molecule has 1 fully saturated rings. The first-order valence-corrected chi connectivity index (χ1v) is 14.1. The van der Waals surface area contributed by atoms with E-state index < -0.39 is 0 Å². The van der Waals surface area contributed by atoms with Crippen molar-refractivity contribution in [2.24, 2.45) is 0 Å². The van der Waals surface area contributed by atoms with Gasteiger partial charge >= 0.3 is 0 Å². The fourth-order valence-electron chi connectivity index (χ4n) is 5.06. The molecule has 42 heavy (non-hydrogen) atoms. The van der Waals surface area contributed by atoms with E-state index in [9.17, 15) is 9.59 Å². The second kappa shape index (κ2) is 12.3. The van der Waals surface area contributed by atoms with Gasteiger partial charge in [-0.15, -0.1) is 0 Å². The number of aromatic nitrogens is 1. The maximum atomic E-state index is 13.3. The summed E-state index contributed by atoms with van der Waals surface area (Å²) in [5, 5.41) is 16.9. The van der Waals surface area contributed by atoms with E-state index in [1.165, 1.54) is 11.8 Å². The number of amides is 2. The molecule has 2 heterocycles. The average Bonchev–Trinajstić information content (AvgIpc) is 2.97. The topological polar surface area (TPSA) is 110 Å². The van der Waals surface area contributed by atoms with Crippen molar-refractivity contribution in [3.63, 3.8) is 0 Å². The van der Waals surface area contributed by atoms with Crippen molar-refractivity contribution in [2.45, 2.75) is 32.7 Å². The zero-order valence-corrected chi connectivity index (χ0v) is 24.4. The van der Waals surface area contributed by atoms with Crippen molar-refractivity contribution in [3.05, 3.63) is 107 Å². The first-order chi connectivity index (χ1) is 20.2. The molecule has 0 saturated carbocycles. The molecule has 1 aromatic heterocycles. The molecule has 1 aliphatic heterocycles. The molecule has 2 amide bonds. The average molecular weight is 561 g/mol. The predicted molar refractivity (Wildman–Crippen MR) is 170 cm³/mol. The highest BCUT2D eigenvalue weighted by molar-refractivity contribution is 6.05. The molecule has 4 aromatic rings. The lowest BCUT2D eigenvalue weighted by molar-refractivity contribution is 0.0602. The van der Waals surface area contributed by atoms with Crippen LogP contribution in [-0.2, 0) is 0 Å². The third-order valence-electron chi connectivity index (χ3n) is 7.56. The van der Waals surface area contributed by atoms with Crippen LogP contribution in [0.5, 0.6) is 0 Å². The Balaban J connectivity index is 1.20. The summed E-state index contributed by atoms with van der Waals surface area (Å²) in [6, 6.07) is 23.7. The number of nitrogens with zero attached hydrogens (tertiary/aromatic N) is 2. The van der Waals surface area contributed by atoms with Gasteiger partial charge in [0, 0.05) is 67.0 Å². The highest BCUT2D eigenvalue weighted by Gasteiger charge is 2.32. The van der Waals surface area contributed by atoms with Gasteiger partial charge in [0.1, 0.15) is 5.82 Å². The number of benzene rings is 3. The standard InChI is InChI=1S/C34H36N6O2/c1-21(2)38-32-14-13-28(18-37-32)33(41)39-30-16-26(6-5-22(30)3)34(42)40-19-29(20-40)24-9-7-23(8-10-24)25-11-12-27(17-35)31(15-25)36-4/h5-18,21,29,35-36H,19-20H2,1-4H3,(H,37,38)(H,39,41). The molecule has 5 rings (SSSR count). The minimum atomic E-state index is -0.272. The number of pyridine rings is 1. The number of carbonyl (C=O) groups excluding carboxylic acids is 2. The molecule has 0 aliphatic carbocycles. The monoisotopic (exact) mass is 560 g/mol. The van der Waals surface area contributed by atoms with Crippen LogP contribution in [0, 0.1) is 12.3 Å². The van der Waals surface area contributed by atoms with Crippen molar-refractivity contribution in [3.8, 4) is 11.1 Å². The number of hydrogen-bond donors (Lipinski definition) is 4. The number of anilines is 3. The van der Waals surface area contributed by atoms with E-state index in [1.54, 1.807) is 24.4 Å². The summed E-state index contributed by atoms with van der Waals surface area (Å²) < 4.78 is 0. The molecule has 3 aromatic carbocycles. The Morgan fingerprint density at radius 2 is 1.64 bits per heavy atom. The van der Waals surface area contributed by atoms with Crippen molar-refractivity contribution in [1.29, 1.82) is 5.41 Å². The van der Waals surface area contributed by atoms with Crippen LogP contribution >= 0.6 is 0 Å². The van der Waals surface area contributed by atoms with Crippen LogP contribution in [0.4, 0.5) is 17.2 Å². The molecule has 214 valence electrons. The summed E-state index contributed by atoms with van der Waals surface area (Å²) in [5.74, 6) is 0.676. The molecule has 4 N–H and O–H groups in total. The Labute approximate surface area is 246 Å². The number of rotatable bonds is 9. The second-order valence-electron chi connectivity index (χ2n) is 10.9. The number of likely N-dealkylation sites (tertiary alicyclic amines) is 1. The fourth-order valence-corrected chi connectivity index (χ4v) is 5.06. The van der Waals surface area contributed by atoms with Crippen LogP contribution in [0.15, 0.2) is 79.0 Å². The number of nitrogens with one attached hydrogen (secondary N) is 4. The smallest absolute Gasteiger partial charge is 0.257 e. The summed E-state index contributed by atoms with van der Waals surface area (Å²) in [7, 11) is 1.86. The number of aryl methyl sites for hydroxylation is 1. The Hall–Kier alpha value is -4.98. The van der Waals surface area contributed by atoms with Crippen molar-refractivity contribution in [1.82, 2.24) is 9.88 Å². The van der Waals surface area contributed by atoms with Gasteiger partial charge in [0.05, 0.1) is 5.56 Å². The van der Waals surface area contributed by atoms with Crippen molar-refractivity contribution < 1.29 is 9.59 Å². The lowest BCUT2D eigenvalue weighted by Crippen LogP contribution is -2.48. The SMILES string of the molecule is CNc1cc(-c2ccc(C3CN(C(=O)c4ccc(C)c(NC(=O)c5ccc(NC(C)C)nc5)c4)C3)cc2)ccc1C=N. The van der Waals surface area contributed by atoms with Crippen LogP contribution < -0.4 is 16.0 Å². The molecule has 0 atom stereocenters. The molecular weight excluding hydrogens is 524 g/mol. The quantitative estimate of drug-likeness (QED) is 0.177. The summed E-state index contributed by atoms with van der Waals surface area (Å²) >= 11 is 0. The highest BCUT2D eigenvalue weighted by Crippen LogP contribution is 2.32. The summed E-state index contributed by atoms with van der Waals surface area (Å²) in [6.07, 6.45) is 2.89. The maximum Gasteiger partial charge on any atom is 0.257 e. The highest BCUT2D eigenvalue weighted by atomic mass is 16.2. The molecule has 0 bridgehead atoms. The summed E-state index contributed by atoms with van der Waals surface area (Å²) in [4.78, 5) is 32.3. The largest absolute Gasteiger partial charge is 0.388 e. The first-order valence-electron chi connectivity index (χ1n) is 14.1. The molecule has 0 radical (unpaired) electrons. The second-order valence-corrected chi connectivity index (χ2v) is 10.9. The third-order valence-corrected chi connectivity index (χ3v) is 7.56. The molecular formula is C34H36N6O2. The van der Waals surface area contributed by atoms with E-state index in [0.717, 1.165) is 27.9 Å². The molecule has 1 aliphatic rings. The van der Waals surface area contributed by atoms with Gasteiger partial charge in [0.2, 0.25) is 0 Å². The zero-order valence-electron chi connectivity index (χ0n) is 24.4. The van der Waals surface area contributed by atoms with Crippen LogP contribution in [0.2, 0.25) is 0 Å². The van der Waals surface area contributed by atoms with Gasteiger partial charge in [-0.25, -0.2) is 4.98 Å². The van der Waals surface area contributed by atoms with Crippen LogP contribution in [0.3, 0.4) is 0 Å². The number of hydrogen-bond acceptors (Lipinski definition) is 6. The van der Waals surface area contributed by atoms with E-state index in [4.69, 9.17) is 5.41 Å². The summed E-state index contributed by atoms with van der Waals surface area (Å²) in [6.45, 7) is 7.25. The van der Waals surface area contributed by atoms with Gasteiger partial charge in [-0.2, -0.15) is 0 Å². The minimum absolute atomic E-state index is 0.0463. The zero-order chi connectivity index (χ0) is 29.8. The van der Waals surface area contributed by atoms with Crippen LogP contribution in [-0.4, -0.2) is 54.1 Å². The molecule has 8 heteroatoms. The third kappa shape index (κ3) is 6.17. The Morgan fingerprint density at radius 1 is 0.929 bits per heavy atom. The predicted octanol–water partition coefficient (Wildman–Crippen LogP) is 6.41. The fraction of sp³-hybridized carbons (Fsp3) is 0.235. The van der Waals surface area contributed by atoms with Crippen LogP contribution in [0.1, 0.15) is 57.2 Å². The van der Waals surface area contributed by atoms with Crippen molar-refractivity contribution >= 4 is 35.2 Å². The Morgan fingerprint density at radius 3 is 2.29 bits per heavy atom. The van der Waals surface area contributed by atoms with Crippen LogP contribution in [0.25, 0.3) is 11.1 Å². The van der Waals surface area contributed by atoms with Gasteiger partial charge in [0.15, 0.2) is 0 Å². The summed E-state index contributed by atoms with van der Waals surface area (Å²) in [5.41, 5.74) is 7.64. The molecule has 0 unspecified atom stereocenters. The van der Waals surface area contributed by atoms with Gasteiger partial charge < -0.3 is 26.3 Å². The van der Waals surface area contributed by atoms with Gasteiger partial charge in [-0.3, -0.25) is 9.59 Å². The van der Waals surface area contributed by atoms with E-state index in [-0.39, 0.29) is 23.8 Å². The lowest BCUT2D eigenvalue weighted by Gasteiger charge is -2.39. The maximum absolute atomic E-state index is 13.3. The van der Waals surface area contributed by atoms with E-state index >= 15 is 0 Å². The molecule has 8 nitrogen and oxygen atoms in total. The molecule has 1 saturated heterocycles. The molecule has 0 spiro atoms. The van der Waals surface area contributed by atoms with Gasteiger partial charge in [-0.1, -0.05) is 42.5 Å². The van der Waals surface area contributed by atoms with E-state index in [0.29, 0.717) is 35.7 Å². The minimum Gasteiger partial charge on any atom is -0.388 e. The first kappa shape index (κ1) is 28.5. The van der Waals surface area contributed by atoms with E-state index in [1.807, 2.05) is 57.0 Å². The van der Waals surface area contributed by atoms with E-state index in [2.05, 4.69) is 51.3 Å². The normalized spacial score (nSPS) is 12.9. The van der Waals surface area contributed by atoms with Gasteiger partial charge in [-0.05, 0) is 73.4 Å².